The molecule has 144 valence electrons. The largest absolute Gasteiger partial charge is 0.452 e. The molecule has 0 unspecified atom stereocenters. The molecule has 0 saturated heterocycles. The number of esters is 1. The van der Waals surface area contributed by atoms with Crippen LogP contribution in [-0.4, -0.2) is 29.9 Å². The van der Waals surface area contributed by atoms with E-state index < -0.39 is 5.97 Å². The molecule has 1 heterocycles. The number of carbonyl (C=O) groups excluding carboxylic acids is 2. The Labute approximate surface area is 173 Å². The third-order valence-electron chi connectivity index (χ3n) is 4.22. The molecular weight excluding hydrogens is 394 g/mol. The van der Waals surface area contributed by atoms with Crippen LogP contribution in [0.3, 0.4) is 0 Å². The number of carbonyl (C=O) groups is 2. The average Bonchev–Trinajstić information content (AvgIpc) is 3.05. The van der Waals surface area contributed by atoms with Gasteiger partial charge in [-0.2, -0.15) is 0 Å². The van der Waals surface area contributed by atoms with Gasteiger partial charge in [0.15, 0.2) is 6.61 Å². The molecule has 0 aliphatic rings. The van der Waals surface area contributed by atoms with E-state index in [9.17, 15) is 9.59 Å². The Kier molecular flexibility index (Phi) is 6.85. The van der Waals surface area contributed by atoms with Gasteiger partial charge in [0.05, 0.1) is 5.02 Å². The number of hydrogen-bond donors (Lipinski definition) is 0. The van der Waals surface area contributed by atoms with Gasteiger partial charge in [-0.3, -0.25) is 4.79 Å². The topological polar surface area (TPSA) is 46.6 Å². The van der Waals surface area contributed by atoms with E-state index >= 15 is 0 Å². The van der Waals surface area contributed by atoms with Gasteiger partial charge in [0.2, 0.25) is 0 Å². The highest BCUT2D eigenvalue weighted by atomic mass is 35.5. The van der Waals surface area contributed by atoms with Crippen molar-refractivity contribution in [1.29, 1.82) is 0 Å². The second kappa shape index (κ2) is 9.53. The maximum absolute atomic E-state index is 12.3. The van der Waals surface area contributed by atoms with Gasteiger partial charge >= 0.3 is 5.97 Å². The zero-order valence-corrected chi connectivity index (χ0v) is 17.0. The van der Waals surface area contributed by atoms with Crippen LogP contribution < -0.4 is 0 Å². The number of thiophene rings is 1. The summed E-state index contributed by atoms with van der Waals surface area (Å²) in [6.07, 6.45) is 2.93. The second-order valence-electron chi connectivity index (χ2n) is 6.11. The first-order chi connectivity index (χ1) is 13.6. The Balaban J connectivity index is 1.56. The van der Waals surface area contributed by atoms with Crippen LogP contribution in [0.4, 0.5) is 0 Å². The van der Waals surface area contributed by atoms with Gasteiger partial charge in [0, 0.05) is 34.1 Å². The lowest BCUT2D eigenvalue weighted by Gasteiger charge is -2.20. The predicted molar refractivity (Wildman–Crippen MR) is 114 cm³/mol. The molecule has 0 aliphatic heterocycles. The minimum atomic E-state index is -0.572. The summed E-state index contributed by atoms with van der Waals surface area (Å²) in [5.74, 6) is -0.800. The fourth-order valence-electron chi connectivity index (χ4n) is 2.74. The van der Waals surface area contributed by atoms with Crippen LogP contribution in [0.1, 0.15) is 17.4 Å². The van der Waals surface area contributed by atoms with Crippen molar-refractivity contribution in [2.45, 2.75) is 13.5 Å². The maximum atomic E-state index is 12.3. The van der Waals surface area contributed by atoms with Crippen LogP contribution >= 0.6 is 22.9 Å². The highest BCUT2D eigenvalue weighted by Gasteiger charge is 2.14. The summed E-state index contributed by atoms with van der Waals surface area (Å²) < 4.78 is 6.16. The Morgan fingerprint density at radius 1 is 1.11 bits per heavy atom. The quantitative estimate of drug-likeness (QED) is 0.397. The van der Waals surface area contributed by atoms with Gasteiger partial charge < -0.3 is 9.64 Å². The summed E-state index contributed by atoms with van der Waals surface area (Å²) in [7, 11) is 0. The van der Waals surface area contributed by atoms with Crippen molar-refractivity contribution in [2.75, 3.05) is 13.2 Å². The minimum absolute atomic E-state index is 0.229. The molecule has 0 N–H and O–H groups in total. The van der Waals surface area contributed by atoms with Crippen molar-refractivity contribution in [3.8, 4) is 0 Å². The molecule has 1 amide bonds. The van der Waals surface area contributed by atoms with Crippen LogP contribution in [0.5, 0.6) is 0 Å². The number of benzene rings is 2. The van der Waals surface area contributed by atoms with Gasteiger partial charge in [-0.25, -0.2) is 4.79 Å². The third-order valence-corrected chi connectivity index (χ3v) is 5.87. The summed E-state index contributed by atoms with van der Waals surface area (Å²) in [5.41, 5.74) is 1.03. The Morgan fingerprint density at radius 3 is 2.54 bits per heavy atom. The zero-order chi connectivity index (χ0) is 19.9. The Hall–Kier alpha value is -2.63. The lowest BCUT2D eigenvalue weighted by molar-refractivity contribution is -0.148. The van der Waals surface area contributed by atoms with Crippen molar-refractivity contribution >= 4 is 51.0 Å². The van der Waals surface area contributed by atoms with Gasteiger partial charge in [-0.15, -0.1) is 11.3 Å². The number of likely N-dealkylation sites (N-methyl/N-ethyl adjacent to an activating group) is 1. The Bertz CT molecular complexity index is 997. The molecule has 3 rings (SSSR count). The van der Waals surface area contributed by atoms with Gasteiger partial charge in [0.1, 0.15) is 0 Å². The number of halogens is 1. The smallest absolute Gasteiger partial charge is 0.331 e. The molecule has 2 aromatic carbocycles. The normalized spacial score (nSPS) is 11.1. The number of nitrogens with zero attached hydrogens (tertiary/aromatic N) is 1. The minimum Gasteiger partial charge on any atom is -0.452 e. The van der Waals surface area contributed by atoms with Crippen LogP contribution in [0.25, 0.3) is 16.2 Å². The molecule has 0 spiro atoms. The van der Waals surface area contributed by atoms with E-state index in [4.69, 9.17) is 16.3 Å². The lowest BCUT2D eigenvalue weighted by Crippen LogP contribution is -2.33. The van der Waals surface area contributed by atoms with E-state index in [-0.39, 0.29) is 12.5 Å². The summed E-state index contributed by atoms with van der Waals surface area (Å²) in [4.78, 5) is 26.8. The Morgan fingerprint density at radius 2 is 1.82 bits per heavy atom. The molecule has 0 radical (unpaired) electrons. The zero-order valence-electron chi connectivity index (χ0n) is 15.4. The van der Waals surface area contributed by atoms with E-state index in [0.717, 1.165) is 20.5 Å². The molecule has 0 aliphatic carbocycles. The number of fused-ring (bicyclic) bond motifs is 1. The first kappa shape index (κ1) is 20.1. The molecule has 0 fully saturated rings. The molecule has 0 atom stereocenters. The first-order valence-electron chi connectivity index (χ1n) is 8.92. The molecule has 1 aromatic heterocycles. The van der Waals surface area contributed by atoms with Crippen LogP contribution in [0.15, 0.2) is 60.7 Å². The van der Waals surface area contributed by atoms with E-state index in [1.165, 1.54) is 17.4 Å². The molecular formula is C22H20ClNO3S. The van der Waals surface area contributed by atoms with Crippen molar-refractivity contribution in [3.63, 3.8) is 0 Å². The molecule has 4 nitrogen and oxygen atoms in total. The second-order valence-corrected chi connectivity index (χ2v) is 7.57. The van der Waals surface area contributed by atoms with Crippen molar-refractivity contribution in [1.82, 2.24) is 4.90 Å². The summed E-state index contributed by atoms with van der Waals surface area (Å²) in [6.45, 7) is 2.63. The van der Waals surface area contributed by atoms with Crippen LogP contribution in [-0.2, 0) is 20.9 Å². The van der Waals surface area contributed by atoms with Crippen molar-refractivity contribution in [3.05, 3.63) is 76.1 Å². The van der Waals surface area contributed by atoms with Crippen molar-refractivity contribution in [2.24, 2.45) is 0 Å². The fraction of sp³-hybridized carbons (Fsp3) is 0.182. The molecule has 0 bridgehead atoms. The highest BCUT2D eigenvalue weighted by Crippen LogP contribution is 2.35. The summed E-state index contributed by atoms with van der Waals surface area (Å²) >= 11 is 7.85. The highest BCUT2D eigenvalue weighted by molar-refractivity contribution is 7.20. The predicted octanol–water partition coefficient (Wildman–Crippen LogP) is 5.16. The number of amides is 1. The average molecular weight is 414 g/mol. The summed E-state index contributed by atoms with van der Waals surface area (Å²) in [6, 6.07) is 17.5. The van der Waals surface area contributed by atoms with Gasteiger partial charge in [-0.05, 0) is 24.6 Å². The molecule has 28 heavy (non-hydrogen) atoms. The lowest BCUT2D eigenvalue weighted by atomic mass is 10.2. The number of hydrogen-bond acceptors (Lipinski definition) is 4. The fourth-order valence-corrected chi connectivity index (χ4v) is 4.14. The van der Waals surface area contributed by atoms with E-state index in [1.807, 2.05) is 61.5 Å². The maximum Gasteiger partial charge on any atom is 0.331 e. The molecule has 0 saturated carbocycles. The molecule has 6 heteroatoms. The monoisotopic (exact) mass is 413 g/mol. The standard InChI is InChI=1S/C22H20ClNO3S/c1-2-24(14-16-8-4-3-5-9-16)20(25)15-27-21(26)13-12-19-22(23)17-10-6-7-11-18(17)28-19/h3-13H,2,14-15H2,1H3/b13-12+. The van der Waals surface area contributed by atoms with Crippen LogP contribution in [0.2, 0.25) is 5.02 Å². The number of rotatable bonds is 7. The van der Waals surface area contributed by atoms with Gasteiger partial charge in [-0.1, -0.05) is 60.1 Å². The van der Waals surface area contributed by atoms with Gasteiger partial charge in [0.25, 0.3) is 5.91 Å². The first-order valence-corrected chi connectivity index (χ1v) is 10.1. The van der Waals surface area contributed by atoms with Crippen molar-refractivity contribution < 1.29 is 14.3 Å². The van der Waals surface area contributed by atoms with Crippen LogP contribution in [0, 0.1) is 0 Å². The van der Waals surface area contributed by atoms with E-state index in [2.05, 4.69) is 0 Å². The SMILES string of the molecule is CCN(Cc1ccccc1)C(=O)COC(=O)/C=C/c1sc2ccccc2c1Cl. The number of ether oxygens (including phenoxy) is 1. The molecule has 3 aromatic rings. The summed E-state index contributed by atoms with van der Waals surface area (Å²) in [5, 5.41) is 1.57. The third kappa shape index (κ3) is 5.00. The van der Waals surface area contributed by atoms with E-state index in [0.29, 0.717) is 18.1 Å². The van der Waals surface area contributed by atoms with E-state index in [1.54, 1.807) is 11.0 Å².